The number of aromatic hydroxyl groups is 1. The summed E-state index contributed by atoms with van der Waals surface area (Å²) in [6, 6.07) is 11.4. The number of rotatable bonds is 4. The van der Waals surface area contributed by atoms with E-state index in [9.17, 15) is 19.5 Å². The van der Waals surface area contributed by atoms with E-state index in [1.807, 2.05) is 24.3 Å². The maximum absolute atomic E-state index is 12.8. The molecule has 1 atom stereocenters. The number of hydrogen-bond acceptors (Lipinski definition) is 4. The molecule has 0 aromatic heterocycles. The normalized spacial score (nSPS) is 15.3. The van der Waals surface area contributed by atoms with Crippen LogP contribution >= 0.6 is 0 Å². The maximum atomic E-state index is 12.8. The van der Waals surface area contributed by atoms with Crippen LogP contribution in [-0.4, -0.2) is 29.4 Å². The second-order valence-corrected chi connectivity index (χ2v) is 6.47. The predicted molar refractivity (Wildman–Crippen MR) is 106 cm³/mol. The third kappa shape index (κ3) is 3.88. The summed E-state index contributed by atoms with van der Waals surface area (Å²) in [6.45, 7) is 5.38. The van der Waals surface area contributed by atoms with E-state index in [-0.39, 0.29) is 23.3 Å². The highest BCUT2D eigenvalue weighted by atomic mass is 16.3. The number of carbonyl (C=O) groups excluding carboxylic acids is 3. The van der Waals surface area contributed by atoms with Crippen molar-refractivity contribution < 1.29 is 19.5 Å². The fourth-order valence-corrected chi connectivity index (χ4v) is 3.26. The van der Waals surface area contributed by atoms with Gasteiger partial charge in [-0.15, -0.1) is 0 Å². The van der Waals surface area contributed by atoms with E-state index in [2.05, 4.69) is 17.2 Å². The lowest BCUT2D eigenvalue weighted by Crippen LogP contribution is -2.40. The highest BCUT2D eigenvalue weighted by Crippen LogP contribution is 2.34. The number of nitrogens with one attached hydrogen (secondary N) is 2. The monoisotopic (exact) mass is 379 g/mol. The van der Waals surface area contributed by atoms with E-state index in [0.717, 1.165) is 17.3 Å². The highest BCUT2D eigenvalue weighted by Gasteiger charge is 2.28. The molecule has 2 aromatic carbocycles. The first-order valence-corrected chi connectivity index (χ1v) is 8.85. The second kappa shape index (κ2) is 7.96. The van der Waals surface area contributed by atoms with E-state index in [4.69, 9.17) is 0 Å². The fourth-order valence-electron chi connectivity index (χ4n) is 3.26. The molecule has 0 fully saturated rings. The van der Waals surface area contributed by atoms with Gasteiger partial charge in [0.25, 0.3) is 5.91 Å². The highest BCUT2D eigenvalue weighted by molar-refractivity contribution is 6.02. The topological polar surface area (TPSA) is 98.7 Å². The molecule has 0 saturated heterocycles. The van der Waals surface area contributed by atoms with Crippen LogP contribution in [0, 0.1) is 0 Å². The zero-order chi connectivity index (χ0) is 20.3. The molecule has 0 spiro atoms. The Balaban J connectivity index is 1.84. The van der Waals surface area contributed by atoms with Crippen LogP contribution in [0.25, 0.3) is 0 Å². The molecule has 0 aliphatic carbocycles. The van der Waals surface area contributed by atoms with Crippen molar-refractivity contribution in [2.24, 2.45) is 0 Å². The number of phenols is 1. The molecule has 1 aliphatic heterocycles. The van der Waals surface area contributed by atoms with Crippen molar-refractivity contribution in [3.63, 3.8) is 0 Å². The number of phenolic OH excluding ortho intramolecular Hbond substituents is 1. The summed E-state index contributed by atoms with van der Waals surface area (Å²) in [5.41, 5.74) is 2.03. The van der Waals surface area contributed by atoms with Gasteiger partial charge in [-0.3, -0.25) is 14.4 Å². The summed E-state index contributed by atoms with van der Waals surface area (Å²) in [7, 11) is 0. The Morgan fingerprint density at radius 1 is 1.21 bits per heavy atom. The van der Waals surface area contributed by atoms with E-state index in [0.29, 0.717) is 18.7 Å². The van der Waals surface area contributed by atoms with Crippen molar-refractivity contribution in [1.29, 1.82) is 0 Å². The van der Waals surface area contributed by atoms with Gasteiger partial charge in [-0.1, -0.05) is 24.8 Å². The van der Waals surface area contributed by atoms with Gasteiger partial charge in [0, 0.05) is 24.8 Å². The van der Waals surface area contributed by atoms with E-state index in [1.165, 1.54) is 25.1 Å². The van der Waals surface area contributed by atoms with E-state index in [1.54, 1.807) is 4.90 Å². The molecule has 2 aromatic rings. The van der Waals surface area contributed by atoms with Crippen LogP contribution in [0.5, 0.6) is 5.75 Å². The Bertz CT molecular complexity index is 954. The van der Waals surface area contributed by atoms with Gasteiger partial charge in [-0.2, -0.15) is 0 Å². The molecule has 144 valence electrons. The van der Waals surface area contributed by atoms with Crippen LogP contribution in [0.3, 0.4) is 0 Å². The molecule has 28 heavy (non-hydrogen) atoms. The van der Waals surface area contributed by atoms with Gasteiger partial charge in [0.2, 0.25) is 11.8 Å². The van der Waals surface area contributed by atoms with Gasteiger partial charge in [-0.05, 0) is 42.3 Å². The summed E-state index contributed by atoms with van der Waals surface area (Å²) < 4.78 is 0. The molecule has 1 unspecified atom stereocenters. The van der Waals surface area contributed by atoms with Crippen LogP contribution in [0.1, 0.15) is 35.3 Å². The molecule has 7 heteroatoms. The van der Waals surface area contributed by atoms with Crippen molar-refractivity contribution in [2.75, 3.05) is 16.8 Å². The van der Waals surface area contributed by atoms with Crippen molar-refractivity contribution in [2.45, 2.75) is 19.4 Å². The Kier molecular flexibility index (Phi) is 5.44. The molecule has 7 nitrogen and oxygen atoms in total. The molecule has 3 rings (SSSR count). The Morgan fingerprint density at radius 2 is 1.96 bits per heavy atom. The average molecular weight is 379 g/mol. The van der Waals surface area contributed by atoms with Gasteiger partial charge in [0.1, 0.15) is 5.75 Å². The molecule has 0 saturated carbocycles. The zero-order valence-electron chi connectivity index (χ0n) is 15.4. The van der Waals surface area contributed by atoms with Crippen molar-refractivity contribution in [3.05, 3.63) is 66.2 Å². The molecule has 1 aliphatic rings. The molecule has 3 amide bonds. The van der Waals surface area contributed by atoms with Gasteiger partial charge >= 0.3 is 0 Å². The van der Waals surface area contributed by atoms with Gasteiger partial charge in [0.15, 0.2) is 0 Å². The Hall–Kier alpha value is -3.61. The molecule has 0 bridgehead atoms. The maximum Gasteiger partial charge on any atom is 0.255 e. The van der Waals surface area contributed by atoms with Crippen molar-refractivity contribution >= 4 is 29.1 Å². The van der Waals surface area contributed by atoms with Gasteiger partial charge in [0.05, 0.1) is 11.6 Å². The van der Waals surface area contributed by atoms with Crippen molar-refractivity contribution in [1.82, 2.24) is 5.32 Å². The number of carbonyl (C=O) groups is 3. The third-order valence-electron chi connectivity index (χ3n) is 4.62. The third-order valence-corrected chi connectivity index (χ3v) is 4.62. The minimum atomic E-state index is -0.469. The largest absolute Gasteiger partial charge is 0.507 e. The lowest BCUT2D eigenvalue weighted by molar-refractivity contribution is -0.116. The van der Waals surface area contributed by atoms with E-state index < -0.39 is 11.8 Å². The molecular formula is C21H21N3O4. The number of fused-ring (bicyclic) bond motifs is 1. The lowest BCUT2D eigenvalue weighted by atomic mass is 9.95. The van der Waals surface area contributed by atoms with Gasteiger partial charge < -0.3 is 20.6 Å². The number of nitrogens with zero attached hydrogens (tertiary/aromatic N) is 1. The minimum absolute atomic E-state index is 0.0494. The van der Waals surface area contributed by atoms with Crippen LogP contribution in [0.15, 0.2) is 55.1 Å². The van der Waals surface area contributed by atoms with Crippen LogP contribution in [0.4, 0.5) is 11.4 Å². The lowest BCUT2D eigenvalue weighted by Gasteiger charge is -2.34. The quantitative estimate of drug-likeness (QED) is 0.562. The Morgan fingerprint density at radius 3 is 2.68 bits per heavy atom. The standard InChI is InChI=1S/C21H21N3O4/c1-3-20(27)22-14-8-9-19(26)16(12-14)21(28)23-17-10-11-24(13(2)25)18-7-5-4-6-15(17)18/h3-9,12,17,26H,1,10-11H2,2H3,(H,22,27)(H,23,28). The van der Waals surface area contributed by atoms with E-state index >= 15 is 0 Å². The summed E-state index contributed by atoms with van der Waals surface area (Å²) in [4.78, 5) is 37.8. The molecular weight excluding hydrogens is 358 g/mol. The fraction of sp³-hybridized carbons (Fsp3) is 0.190. The number of benzene rings is 2. The average Bonchev–Trinajstić information content (AvgIpc) is 2.69. The molecule has 0 radical (unpaired) electrons. The number of amides is 3. The first-order chi connectivity index (χ1) is 13.4. The summed E-state index contributed by atoms with van der Waals surface area (Å²) in [5.74, 6) is -1.13. The Labute approximate surface area is 162 Å². The first-order valence-electron chi connectivity index (χ1n) is 8.85. The molecule has 3 N–H and O–H groups in total. The van der Waals surface area contributed by atoms with Crippen LogP contribution in [-0.2, 0) is 9.59 Å². The van der Waals surface area contributed by atoms with Crippen LogP contribution < -0.4 is 15.5 Å². The number of para-hydroxylation sites is 1. The molecule has 1 heterocycles. The summed E-state index contributed by atoms with van der Waals surface area (Å²) in [6.07, 6.45) is 1.67. The van der Waals surface area contributed by atoms with Crippen molar-refractivity contribution in [3.8, 4) is 5.75 Å². The first kappa shape index (κ1) is 19.2. The summed E-state index contributed by atoms with van der Waals surface area (Å²) in [5, 5.41) is 15.6. The van der Waals surface area contributed by atoms with Gasteiger partial charge in [-0.25, -0.2) is 0 Å². The SMILES string of the molecule is C=CC(=O)Nc1ccc(O)c(C(=O)NC2CCN(C(C)=O)c3ccccc32)c1. The number of hydrogen-bond donors (Lipinski definition) is 3. The zero-order valence-corrected chi connectivity index (χ0v) is 15.4. The predicted octanol–water partition coefficient (Wildman–Crippen LogP) is 2.74. The second-order valence-electron chi connectivity index (χ2n) is 6.47. The van der Waals surface area contributed by atoms with Crippen LogP contribution in [0.2, 0.25) is 0 Å². The summed E-state index contributed by atoms with van der Waals surface area (Å²) >= 11 is 0. The minimum Gasteiger partial charge on any atom is -0.507 e. The smallest absolute Gasteiger partial charge is 0.255 e. The number of anilines is 2.